The average molecular weight is 532 g/mol. The number of hydrogen-bond donors (Lipinski definition) is 2. The van der Waals surface area contributed by atoms with Crippen LogP contribution in [0.1, 0.15) is 41.1 Å². The largest absolute Gasteiger partial charge is 0.445 e. The highest BCUT2D eigenvalue weighted by Gasteiger charge is 2.32. The zero-order chi connectivity index (χ0) is 25.5. The Morgan fingerprint density at radius 1 is 1.14 bits per heavy atom. The topological polar surface area (TPSA) is 94.8 Å². The van der Waals surface area contributed by atoms with Crippen LogP contribution in [0, 0.1) is 0 Å². The fraction of sp³-hybridized carbons (Fsp3) is 0.308. The van der Waals surface area contributed by atoms with Gasteiger partial charge in [0.1, 0.15) is 11.8 Å². The molecule has 0 radical (unpaired) electrons. The van der Waals surface area contributed by atoms with Crippen molar-refractivity contribution in [1.29, 1.82) is 0 Å². The number of nitrogens with zero attached hydrogens (tertiary/aromatic N) is 2. The van der Waals surface area contributed by atoms with Crippen LogP contribution in [0.2, 0.25) is 10.3 Å². The third-order valence-corrected chi connectivity index (χ3v) is 6.54. The van der Waals surface area contributed by atoms with Gasteiger partial charge in [-0.2, -0.15) is 0 Å². The highest BCUT2D eigenvalue weighted by atomic mass is 35.5. The fourth-order valence-electron chi connectivity index (χ4n) is 3.88. The molecule has 2 heterocycles. The summed E-state index contributed by atoms with van der Waals surface area (Å²) < 4.78 is 19.3. The van der Waals surface area contributed by atoms with Crippen LogP contribution in [0.25, 0.3) is 0 Å². The van der Waals surface area contributed by atoms with Gasteiger partial charge in [-0.25, -0.2) is 9.78 Å². The van der Waals surface area contributed by atoms with E-state index in [1.807, 2.05) is 48.5 Å². The van der Waals surface area contributed by atoms with Crippen LogP contribution in [0.3, 0.4) is 0 Å². The Hall–Kier alpha value is -2.88. The summed E-state index contributed by atoms with van der Waals surface area (Å²) in [7, 11) is 0. The van der Waals surface area contributed by atoms with Gasteiger partial charge >= 0.3 is 6.09 Å². The van der Waals surface area contributed by atoms with E-state index in [-0.39, 0.29) is 30.6 Å². The van der Waals surface area contributed by atoms with E-state index < -0.39 is 12.4 Å². The quantitative estimate of drug-likeness (QED) is 0.362. The lowest BCUT2D eigenvalue weighted by atomic mass is 10.00. The van der Waals surface area contributed by atoms with Crippen LogP contribution in [0.15, 0.2) is 67.5 Å². The SMILES string of the molecule is C=CCOC(=O)NCc1ccc([C@H]2O[C@@H](Cn3cnc(Cl)c3Cl)C[C@@H](c3ccc(CO)cc3)O2)cc1. The second-order valence-electron chi connectivity index (χ2n) is 8.31. The molecule has 1 aliphatic rings. The summed E-state index contributed by atoms with van der Waals surface area (Å²) in [5.74, 6) is 0. The fourth-order valence-corrected chi connectivity index (χ4v) is 4.19. The minimum absolute atomic E-state index is 0.0206. The normalized spacial score (nSPS) is 19.6. The van der Waals surface area contributed by atoms with Gasteiger partial charge < -0.3 is 29.2 Å². The molecule has 0 unspecified atom stereocenters. The van der Waals surface area contributed by atoms with Crippen molar-refractivity contribution in [3.05, 3.63) is 100 Å². The zero-order valence-corrected chi connectivity index (χ0v) is 21.0. The van der Waals surface area contributed by atoms with Crippen molar-refractivity contribution in [2.45, 2.75) is 44.6 Å². The number of halogens is 2. The molecule has 190 valence electrons. The standard InChI is InChI=1S/C26H27Cl2N3O5/c1-2-11-34-26(33)29-13-17-3-9-20(10-4-17)25-35-21(14-31-16-30-23(27)24(31)28)12-22(36-25)19-7-5-18(15-32)6-8-19/h2-10,16,21-22,25,32H,1,11-15H2,(H,29,33)/t21-,22+,25+/m1/s1. The number of amides is 1. The van der Waals surface area contributed by atoms with E-state index in [2.05, 4.69) is 16.9 Å². The second kappa shape index (κ2) is 12.4. The van der Waals surface area contributed by atoms with Gasteiger partial charge in [0.2, 0.25) is 0 Å². The van der Waals surface area contributed by atoms with Gasteiger partial charge in [0.25, 0.3) is 0 Å². The summed E-state index contributed by atoms with van der Waals surface area (Å²) in [5.41, 5.74) is 3.55. The highest BCUT2D eigenvalue weighted by molar-refractivity contribution is 6.40. The molecule has 1 amide bonds. The smallest absolute Gasteiger partial charge is 0.407 e. The molecule has 0 spiro atoms. The molecule has 4 rings (SSSR count). The first-order chi connectivity index (χ1) is 17.5. The van der Waals surface area contributed by atoms with E-state index in [9.17, 15) is 9.90 Å². The number of hydrogen-bond acceptors (Lipinski definition) is 6. The van der Waals surface area contributed by atoms with Crippen LogP contribution in [0.4, 0.5) is 4.79 Å². The molecular weight excluding hydrogens is 505 g/mol. The molecule has 10 heteroatoms. The van der Waals surface area contributed by atoms with Gasteiger partial charge in [0, 0.05) is 18.5 Å². The molecular formula is C26H27Cl2N3O5. The Morgan fingerprint density at radius 2 is 1.83 bits per heavy atom. The van der Waals surface area contributed by atoms with E-state index in [4.69, 9.17) is 37.4 Å². The monoisotopic (exact) mass is 531 g/mol. The number of alkyl carbamates (subject to hydrolysis) is 1. The Labute approximate surface area is 219 Å². The summed E-state index contributed by atoms with van der Waals surface area (Å²) in [5, 5.41) is 12.7. The van der Waals surface area contributed by atoms with Crippen molar-refractivity contribution in [3.63, 3.8) is 0 Å². The molecule has 2 N–H and O–H groups in total. The number of carbonyl (C=O) groups excluding carboxylic acids is 1. The summed E-state index contributed by atoms with van der Waals surface area (Å²) in [6.07, 6.45) is 2.10. The lowest BCUT2D eigenvalue weighted by Gasteiger charge is -2.36. The molecule has 0 bridgehead atoms. The van der Waals surface area contributed by atoms with Crippen LogP contribution >= 0.6 is 23.2 Å². The van der Waals surface area contributed by atoms with E-state index in [1.54, 1.807) is 10.9 Å². The number of nitrogens with one attached hydrogen (secondary N) is 1. The number of imidazole rings is 1. The van der Waals surface area contributed by atoms with Crippen molar-refractivity contribution in [2.24, 2.45) is 0 Å². The predicted octanol–water partition coefficient (Wildman–Crippen LogP) is 5.34. The molecule has 1 fully saturated rings. The summed E-state index contributed by atoms with van der Waals surface area (Å²) >= 11 is 12.3. The molecule has 1 aromatic heterocycles. The molecule has 36 heavy (non-hydrogen) atoms. The minimum atomic E-state index is -0.622. The molecule has 3 atom stereocenters. The maximum Gasteiger partial charge on any atom is 0.407 e. The van der Waals surface area contributed by atoms with Crippen molar-refractivity contribution in [3.8, 4) is 0 Å². The van der Waals surface area contributed by atoms with Gasteiger partial charge in [0.05, 0.1) is 31.7 Å². The van der Waals surface area contributed by atoms with Gasteiger partial charge in [0.15, 0.2) is 11.4 Å². The maximum absolute atomic E-state index is 11.7. The van der Waals surface area contributed by atoms with Crippen LogP contribution < -0.4 is 5.32 Å². The van der Waals surface area contributed by atoms with E-state index >= 15 is 0 Å². The summed E-state index contributed by atoms with van der Waals surface area (Å²) in [4.78, 5) is 15.7. The Kier molecular flexibility index (Phi) is 9.01. The van der Waals surface area contributed by atoms with E-state index in [1.165, 1.54) is 6.08 Å². The first-order valence-electron chi connectivity index (χ1n) is 11.4. The number of carbonyl (C=O) groups is 1. The first kappa shape index (κ1) is 26.2. The van der Waals surface area contributed by atoms with Crippen LogP contribution in [0.5, 0.6) is 0 Å². The van der Waals surface area contributed by atoms with Gasteiger partial charge in [-0.3, -0.25) is 0 Å². The molecule has 3 aromatic rings. The van der Waals surface area contributed by atoms with Gasteiger partial charge in [-0.1, -0.05) is 84.4 Å². The number of rotatable bonds is 9. The Morgan fingerprint density at radius 3 is 2.47 bits per heavy atom. The number of aliphatic hydroxyl groups is 1. The summed E-state index contributed by atoms with van der Waals surface area (Å²) in [6.45, 7) is 4.43. The Bertz CT molecular complexity index is 1170. The first-order valence-corrected chi connectivity index (χ1v) is 12.2. The molecule has 1 aliphatic heterocycles. The van der Waals surface area contributed by atoms with E-state index in [0.29, 0.717) is 24.7 Å². The van der Waals surface area contributed by atoms with Crippen molar-refractivity contribution < 1.29 is 24.1 Å². The van der Waals surface area contributed by atoms with E-state index in [0.717, 1.165) is 22.3 Å². The number of ether oxygens (including phenoxy) is 3. The third-order valence-electron chi connectivity index (χ3n) is 5.77. The lowest BCUT2D eigenvalue weighted by Crippen LogP contribution is -2.32. The Balaban J connectivity index is 1.49. The molecule has 8 nitrogen and oxygen atoms in total. The lowest BCUT2D eigenvalue weighted by molar-refractivity contribution is -0.252. The van der Waals surface area contributed by atoms with Gasteiger partial charge in [-0.15, -0.1) is 0 Å². The van der Waals surface area contributed by atoms with Crippen LogP contribution in [-0.2, 0) is 33.9 Å². The number of aromatic nitrogens is 2. The average Bonchev–Trinajstić information content (AvgIpc) is 3.23. The number of benzene rings is 2. The number of aliphatic hydroxyl groups excluding tert-OH is 1. The molecule has 0 saturated carbocycles. The highest BCUT2D eigenvalue weighted by Crippen LogP contribution is 2.38. The molecule has 0 aliphatic carbocycles. The second-order valence-corrected chi connectivity index (χ2v) is 9.03. The minimum Gasteiger partial charge on any atom is -0.445 e. The molecule has 2 aromatic carbocycles. The third kappa shape index (κ3) is 6.66. The van der Waals surface area contributed by atoms with Crippen LogP contribution in [-0.4, -0.2) is 33.5 Å². The van der Waals surface area contributed by atoms with Crippen molar-refractivity contribution in [1.82, 2.24) is 14.9 Å². The van der Waals surface area contributed by atoms with Gasteiger partial charge in [-0.05, 0) is 16.7 Å². The predicted molar refractivity (Wildman–Crippen MR) is 135 cm³/mol. The van der Waals surface area contributed by atoms with Crippen molar-refractivity contribution in [2.75, 3.05) is 6.61 Å². The molecule has 1 saturated heterocycles. The van der Waals surface area contributed by atoms with Crippen molar-refractivity contribution >= 4 is 29.3 Å². The zero-order valence-electron chi connectivity index (χ0n) is 19.5. The maximum atomic E-state index is 11.7. The summed E-state index contributed by atoms with van der Waals surface area (Å²) in [6, 6.07) is 15.3.